The van der Waals surface area contributed by atoms with E-state index in [1.165, 1.54) is 0 Å². The highest BCUT2D eigenvalue weighted by Gasteiger charge is 2.56. The Labute approximate surface area is 204 Å². The molecule has 0 bridgehead atoms. The normalized spacial score (nSPS) is 26.5. The quantitative estimate of drug-likeness (QED) is 0.425. The number of aliphatic hydroxyl groups is 1. The van der Waals surface area contributed by atoms with Crippen LogP contribution in [0.5, 0.6) is 0 Å². The fourth-order valence-corrected chi connectivity index (χ4v) is 4.05. The Hall–Kier alpha value is -2.68. The lowest BCUT2D eigenvalue weighted by Crippen LogP contribution is -2.66. The third kappa shape index (κ3) is 6.72. The zero-order valence-electron chi connectivity index (χ0n) is 19.3. The molecule has 1 heterocycles. The molecule has 5 nitrogen and oxygen atoms in total. The van der Waals surface area contributed by atoms with E-state index in [-0.39, 0.29) is 26.4 Å². The van der Waals surface area contributed by atoms with Crippen molar-refractivity contribution in [2.75, 3.05) is 13.3 Å². The molecule has 5 atom stereocenters. The molecule has 4 rings (SSSR count). The molecule has 1 aliphatic rings. The summed E-state index contributed by atoms with van der Waals surface area (Å²) in [7, 11) is 0. The predicted molar refractivity (Wildman–Crippen MR) is 127 cm³/mol. The minimum absolute atomic E-state index is 0.0470. The first kappa shape index (κ1) is 25.4. The van der Waals surface area contributed by atoms with Gasteiger partial charge in [0.25, 0.3) is 0 Å². The Morgan fingerprint density at radius 3 is 1.66 bits per heavy atom. The molecule has 7 heteroatoms. The van der Waals surface area contributed by atoms with E-state index in [9.17, 15) is 9.50 Å². The van der Waals surface area contributed by atoms with Gasteiger partial charge in [-0.2, -0.15) is 0 Å². The monoisotopic (exact) mass is 484 g/mol. The van der Waals surface area contributed by atoms with Crippen molar-refractivity contribution in [1.82, 2.24) is 0 Å². The van der Waals surface area contributed by atoms with Gasteiger partial charge in [-0.25, -0.2) is 8.78 Å². The standard InChI is InChI=1S/C28H30F2O5/c29-20-28(31)27(30)26(34-18-23-14-8-3-9-15-23)25(33-17-22-12-6-2-7-13-22)24(35-28)19-32-16-21-10-4-1-5-11-21/h1-15,24-27,31H,16-20H2/t24-,25-,26+,27+,28+/m1/s1. The minimum atomic E-state index is -2.66. The Morgan fingerprint density at radius 2 is 1.17 bits per heavy atom. The molecule has 0 spiro atoms. The molecule has 186 valence electrons. The van der Waals surface area contributed by atoms with Crippen LogP contribution < -0.4 is 0 Å². The maximum absolute atomic E-state index is 15.5. The minimum Gasteiger partial charge on any atom is -0.374 e. The molecule has 3 aromatic rings. The van der Waals surface area contributed by atoms with Crippen LogP contribution in [-0.2, 0) is 38.8 Å². The predicted octanol–water partition coefficient (Wildman–Crippen LogP) is 4.77. The van der Waals surface area contributed by atoms with Gasteiger partial charge in [0, 0.05) is 0 Å². The zero-order valence-corrected chi connectivity index (χ0v) is 19.3. The molecule has 0 aliphatic carbocycles. The highest BCUT2D eigenvalue weighted by molar-refractivity contribution is 5.15. The number of hydrogen-bond donors (Lipinski definition) is 1. The first-order valence-corrected chi connectivity index (χ1v) is 11.6. The van der Waals surface area contributed by atoms with Crippen molar-refractivity contribution in [3.8, 4) is 0 Å². The number of benzene rings is 3. The molecule has 0 aromatic heterocycles. The summed E-state index contributed by atoms with van der Waals surface area (Å²) in [6.07, 6.45) is -5.35. The van der Waals surface area contributed by atoms with E-state index in [1.54, 1.807) is 0 Å². The lowest BCUT2D eigenvalue weighted by molar-refractivity contribution is -0.352. The van der Waals surface area contributed by atoms with Gasteiger partial charge in [-0.15, -0.1) is 0 Å². The Morgan fingerprint density at radius 1 is 0.714 bits per heavy atom. The smallest absolute Gasteiger partial charge is 0.230 e. The van der Waals surface area contributed by atoms with Crippen LogP contribution in [-0.4, -0.2) is 48.7 Å². The number of halogens is 2. The van der Waals surface area contributed by atoms with E-state index in [0.717, 1.165) is 16.7 Å². The van der Waals surface area contributed by atoms with E-state index in [1.807, 2.05) is 91.0 Å². The Balaban J connectivity index is 1.53. The summed E-state index contributed by atoms with van der Waals surface area (Å²) in [5.41, 5.74) is 2.62. The first-order valence-electron chi connectivity index (χ1n) is 11.6. The van der Waals surface area contributed by atoms with Crippen molar-refractivity contribution in [2.24, 2.45) is 0 Å². The summed E-state index contributed by atoms with van der Waals surface area (Å²) in [5, 5.41) is 10.6. The summed E-state index contributed by atoms with van der Waals surface area (Å²) < 4.78 is 52.7. The lowest BCUT2D eigenvalue weighted by Gasteiger charge is -2.46. The van der Waals surface area contributed by atoms with Gasteiger partial charge in [-0.05, 0) is 16.7 Å². The first-order chi connectivity index (χ1) is 17.1. The molecular formula is C28H30F2O5. The molecule has 0 radical (unpaired) electrons. The largest absolute Gasteiger partial charge is 0.374 e. The second-order valence-corrected chi connectivity index (χ2v) is 8.56. The molecule has 0 saturated carbocycles. The fraction of sp³-hybridized carbons (Fsp3) is 0.357. The maximum atomic E-state index is 15.5. The summed E-state index contributed by atoms with van der Waals surface area (Å²) in [5.74, 6) is -2.66. The topological polar surface area (TPSA) is 57.2 Å². The van der Waals surface area contributed by atoms with Crippen LogP contribution in [0.4, 0.5) is 8.78 Å². The van der Waals surface area contributed by atoms with Crippen LogP contribution in [0.2, 0.25) is 0 Å². The van der Waals surface area contributed by atoms with E-state index in [2.05, 4.69) is 0 Å². The number of hydrogen-bond acceptors (Lipinski definition) is 5. The van der Waals surface area contributed by atoms with Crippen LogP contribution >= 0.6 is 0 Å². The second kappa shape index (κ2) is 12.3. The van der Waals surface area contributed by atoms with Gasteiger partial charge in [-0.3, -0.25) is 0 Å². The van der Waals surface area contributed by atoms with Gasteiger partial charge in [0.15, 0.2) is 6.17 Å². The highest BCUT2D eigenvalue weighted by Crippen LogP contribution is 2.35. The number of ether oxygens (including phenoxy) is 4. The second-order valence-electron chi connectivity index (χ2n) is 8.56. The SMILES string of the molecule is O[C@@]1(CF)O[C@H](COCc2ccccc2)[C@@H](OCc2ccccc2)[C@H](OCc2ccccc2)[C@@H]1F. The van der Waals surface area contributed by atoms with E-state index in [4.69, 9.17) is 18.9 Å². The van der Waals surface area contributed by atoms with Crippen molar-refractivity contribution in [3.63, 3.8) is 0 Å². The number of alkyl halides is 2. The molecule has 1 saturated heterocycles. The zero-order chi connectivity index (χ0) is 24.5. The summed E-state index contributed by atoms with van der Waals surface area (Å²) in [6, 6.07) is 28.1. The molecule has 1 fully saturated rings. The Bertz CT molecular complexity index is 1010. The highest BCUT2D eigenvalue weighted by atomic mass is 19.1. The van der Waals surface area contributed by atoms with Gasteiger partial charge in [0.1, 0.15) is 25.0 Å². The Kier molecular flexibility index (Phi) is 8.95. The van der Waals surface area contributed by atoms with Gasteiger partial charge in [-0.1, -0.05) is 91.0 Å². The van der Waals surface area contributed by atoms with Crippen LogP contribution in [0.1, 0.15) is 16.7 Å². The molecule has 1 aliphatic heterocycles. The van der Waals surface area contributed by atoms with Crippen molar-refractivity contribution >= 4 is 0 Å². The van der Waals surface area contributed by atoms with E-state index >= 15 is 4.39 Å². The van der Waals surface area contributed by atoms with E-state index in [0.29, 0.717) is 0 Å². The van der Waals surface area contributed by atoms with Crippen molar-refractivity contribution in [2.45, 2.75) is 50.1 Å². The van der Waals surface area contributed by atoms with Gasteiger partial charge in [0.2, 0.25) is 5.79 Å². The molecular weight excluding hydrogens is 454 g/mol. The summed E-state index contributed by atoms with van der Waals surface area (Å²) >= 11 is 0. The summed E-state index contributed by atoms with van der Waals surface area (Å²) in [6.45, 7) is -0.976. The molecule has 0 unspecified atom stereocenters. The van der Waals surface area contributed by atoms with Crippen molar-refractivity contribution in [3.05, 3.63) is 108 Å². The van der Waals surface area contributed by atoms with Crippen molar-refractivity contribution < 1.29 is 32.8 Å². The fourth-order valence-electron chi connectivity index (χ4n) is 4.05. The van der Waals surface area contributed by atoms with Crippen LogP contribution in [0.3, 0.4) is 0 Å². The lowest BCUT2D eigenvalue weighted by atomic mass is 9.93. The molecule has 35 heavy (non-hydrogen) atoms. The van der Waals surface area contributed by atoms with Crippen LogP contribution in [0.25, 0.3) is 0 Å². The van der Waals surface area contributed by atoms with Crippen LogP contribution in [0.15, 0.2) is 91.0 Å². The van der Waals surface area contributed by atoms with Crippen LogP contribution in [0, 0.1) is 0 Å². The maximum Gasteiger partial charge on any atom is 0.230 e. The molecule has 1 N–H and O–H groups in total. The van der Waals surface area contributed by atoms with Gasteiger partial charge >= 0.3 is 0 Å². The summed E-state index contributed by atoms with van der Waals surface area (Å²) in [4.78, 5) is 0. The van der Waals surface area contributed by atoms with Gasteiger partial charge < -0.3 is 24.1 Å². The number of rotatable bonds is 11. The average Bonchev–Trinajstić information content (AvgIpc) is 2.91. The van der Waals surface area contributed by atoms with Crippen molar-refractivity contribution in [1.29, 1.82) is 0 Å². The van der Waals surface area contributed by atoms with Gasteiger partial charge in [0.05, 0.1) is 26.4 Å². The third-order valence-corrected chi connectivity index (χ3v) is 5.92. The molecule has 0 amide bonds. The van der Waals surface area contributed by atoms with E-state index < -0.39 is 36.9 Å². The average molecular weight is 485 g/mol. The molecule has 3 aromatic carbocycles. The third-order valence-electron chi connectivity index (χ3n) is 5.92.